The van der Waals surface area contributed by atoms with E-state index in [1.54, 1.807) is 6.92 Å². The predicted molar refractivity (Wildman–Crippen MR) is 122 cm³/mol. The molecule has 4 atom stereocenters. The molecule has 1 fully saturated rings. The number of nitrogens with one attached hydrogen (secondary N) is 1. The lowest BCUT2D eigenvalue weighted by atomic mass is 9.78. The topological polar surface area (TPSA) is 104 Å². The number of amides is 1. The molecule has 0 aromatic heterocycles. The zero-order chi connectivity index (χ0) is 23.1. The fourth-order valence-electron chi connectivity index (χ4n) is 4.52. The highest BCUT2D eigenvalue weighted by molar-refractivity contribution is 5.85. The molecule has 0 radical (unpaired) electrons. The van der Waals surface area contributed by atoms with E-state index in [1.165, 1.54) is 0 Å². The van der Waals surface area contributed by atoms with Gasteiger partial charge in [0.05, 0.1) is 17.8 Å². The van der Waals surface area contributed by atoms with E-state index in [0.29, 0.717) is 19.3 Å². The molecule has 0 bridgehead atoms. The Bertz CT molecular complexity index is 925. The summed E-state index contributed by atoms with van der Waals surface area (Å²) < 4.78 is 0. The van der Waals surface area contributed by atoms with Gasteiger partial charge >= 0.3 is 11.9 Å². The molecule has 6 nitrogen and oxygen atoms in total. The van der Waals surface area contributed by atoms with Crippen molar-refractivity contribution in [3.8, 4) is 11.1 Å². The van der Waals surface area contributed by atoms with Gasteiger partial charge in [-0.25, -0.2) is 0 Å². The monoisotopic (exact) mass is 437 g/mol. The van der Waals surface area contributed by atoms with Crippen LogP contribution in [0.4, 0.5) is 0 Å². The number of carbonyl (C=O) groups is 3. The van der Waals surface area contributed by atoms with E-state index in [9.17, 15) is 24.6 Å². The van der Waals surface area contributed by atoms with Gasteiger partial charge in [-0.1, -0.05) is 74.4 Å². The molecular formula is C26H31NO5. The maximum Gasteiger partial charge on any atom is 0.307 e. The van der Waals surface area contributed by atoms with Gasteiger partial charge in [-0.2, -0.15) is 0 Å². The number of hydrogen-bond acceptors (Lipinski definition) is 3. The molecule has 2 aromatic rings. The minimum absolute atomic E-state index is 0.277. The highest BCUT2D eigenvalue weighted by Gasteiger charge is 2.36. The summed E-state index contributed by atoms with van der Waals surface area (Å²) in [5, 5.41) is 21.9. The van der Waals surface area contributed by atoms with Gasteiger partial charge in [-0.05, 0) is 42.4 Å². The quantitative estimate of drug-likeness (QED) is 0.540. The summed E-state index contributed by atoms with van der Waals surface area (Å²) in [5.74, 6) is -3.98. The number of carboxylic acids is 2. The maximum atomic E-state index is 13.0. The van der Waals surface area contributed by atoms with Crippen molar-refractivity contribution in [1.29, 1.82) is 0 Å². The summed E-state index contributed by atoms with van der Waals surface area (Å²) in [6.45, 7) is 1.63. The number of rotatable bonds is 9. The lowest BCUT2D eigenvalue weighted by Gasteiger charge is -2.30. The van der Waals surface area contributed by atoms with Crippen molar-refractivity contribution < 1.29 is 24.6 Å². The van der Waals surface area contributed by atoms with Gasteiger partial charge in [-0.3, -0.25) is 14.4 Å². The molecule has 0 unspecified atom stereocenters. The Morgan fingerprint density at radius 2 is 1.50 bits per heavy atom. The SMILES string of the molecule is C[C@H](C[C@@H](Cc1ccc(-c2ccccc2)cc1)NC(=O)[C@H]1CCCC[C@H]1C(=O)O)C(=O)O. The maximum absolute atomic E-state index is 13.0. The summed E-state index contributed by atoms with van der Waals surface area (Å²) >= 11 is 0. The van der Waals surface area contributed by atoms with Crippen LogP contribution in [0, 0.1) is 17.8 Å². The molecule has 0 aliphatic heterocycles. The third kappa shape index (κ3) is 6.19. The minimum Gasteiger partial charge on any atom is -0.481 e. The van der Waals surface area contributed by atoms with E-state index in [2.05, 4.69) is 5.32 Å². The molecule has 3 N–H and O–H groups in total. The Kier molecular flexibility index (Phi) is 8.03. The van der Waals surface area contributed by atoms with Crippen molar-refractivity contribution in [2.45, 2.75) is 51.5 Å². The van der Waals surface area contributed by atoms with Gasteiger partial charge in [0, 0.05) is 6.04 Å². The van der Waals surface area contributed by atoms with Crippen LogP contribution in [0.2, 0.25) is 0 Å². The van der Waals surface area contributed by atoms with Crippen molar-refractivity contribution in [3.63, 3.8) is 0 Å². The molecule has 0 heterocycles. The van der Waals surface area contributed by atoms with Crippen LogP contribution in [0.5, 0.6) is 0 Å². The number of hydrogen-bond donors (Lipinski definition) is 3. The number of carbonyl (C=O) groups excluding carboxylic acids is 1. The van der Waals surface area contributed by atoms with Gasteiger partial charge < -0.3 is 15.5 Å². The van der Waals surface area contributed by atoms with E-state index in [0.717, 1.165) is 29.5 Å². The summed E-state index contributed by atoms with van der Waals surface area (Å²) in [4.78, 5) is 36.0. The first-order valence-corrected chi connectivity index (χ1v) is 11.3. The smallest absolute Gasteiger partial charge is 0.307 e. The highest BCUT2D eigenvalue weighted by atomic mass is 16.4. The molecule has 1 saturated carbocycles. The molecule has 1 aliphatic rings. The highest BCUT2D eigenvalue weighted by Crippen LogP contribution is 2.31. The second kappa shape index (κ2) is 10.9. The zero-order valence-corrected chi connectivity index (χ0v) is 18.4. The summed E-state index contributed by atoms with van der Waals surface area (Å²) in [6, 6.07) is 17.7. The number of carboxylic acid groups (broad SMARTS) is 2. The van der Waals surface area contributed by atoms with Crippen LogP contribution in [0.15, 0.2) is 54.6 Å². The Morgan fingerprint density at radius 1 is 0.906 bits per heavy atom. The average molecular weight is 438 g/mol. The van der Waals surface area contributed by atoms with Crippen LogP contribution in [0.25, 0.3) is 11.1 Å². The Morgan fingerprint density at radius 3 is 2.09 bits per heavy atom. The van der Waals surface area contributed by atoms with Crippen molar-refractivity contribution in [2.75, 3.05) is 0 Å². The summed E-state index contributed by atoms with van der Waals surface area (Å²) in [6.07, 6.45) is 3.47. The number of aliphatic carboxylic acids is 2. The van der Waals surface area contributed by atoms with Crippen LogP contribution < -0.4 is 5.32 Å². The first-order valence-electron chi connectivity index (χ1n) is 11.3. The molecule has 1 aliphatic carbocycles. The van der Waals surface area contributed by atoms with Crippen molar-refractivity contribution in [2.24, 2.45) is 17.8 Å². The Hall–Kier alpha value is -3.15. The van der Waals surface area contributed by atoms with Gasteiger partial charge in [0.2, 0.25) is 5.91 Å². The zero-order valence-electron chi connectivity index (χ0n) is 18.4. The van der Waals surface area contributed by atoms with Gasteiger partial charge in [0.1, 0.15) is 0 Å². The molecule has 170 valence electrons. The molecule has 3 rings (SSSR count). The molecule has 32 heavy (non-hydrogen) atoms. The Labute approximate surface area is 188 Å². The molecule has 6 heteroatoms. The fraction of sp³-hybridized carbons (Fsp3) is 0.423. The predicted octanol–water partition coefficient (Wildman–Crippen LogP) is 4.38. The van der Waals surface area contributed by atoms with Crippen LogP contribution >= 0.6 is 0 Å². The first kappa shape index (κ1) is 23.5. The van der Waals surface area contributed by atoms with Crippen molar-refractivity contribution >= 4 is 17.8 Å². The van der Waals surface area contributed by atoms with Crippen LogP contribution in [0.3, 0.4) is 0 Å². The normalized spacial score (nSPS) is 20.2. The third-order valence-corrected chi connectivity index (χ3v) is 6.37. The average Bonchev–Trinajstić information content (AvgIpc) is 2.80. The molecule has 0 spiro atoms. The van der Waals surface area contributed by atoms with E-state index in [-0.39, 0.29) is 18.4 Å². The summed E-state index contributed by atoms with van der Waals surface area (Å²) in [7, 11) is 0. The van der Waals surface area contributed by atoms with Crippen molar-refractivity contribution in [1.82, 2.24) is 5.32 Å². The molecule has 0 saturated heterocycles. The molecular weight excluding hydrogens is 406 g/mol. The summed E-state index contributed by atoms with van der Waals surface area (Å²) in [5.41, 5.74) is 3.19. The minimum atomic E-state index is -0.934. The van der Waals surface area contributed by atoms with Gasteiger partial charge in [0.25, 0.3) is 0 Å². The van der Waals surface area contributed by atoms with Crippen LogP contribution in [-0.2, 0) is 20.8 Å². The molecule has 1 amide bonds. The molecule has 2 aromatic carbocycles. The van der Waals surface area contributed by atoms with E-state index < -0.39 is 29.7 Å². The van der Waals surface area contributed by atoms with E-state index in [1.807, 2.05) is 54.6 Å². The largest absolute Gasteiger partial charge is 0.481 e. The van der Waals surface area contributed by atoms with Crippen LogP contribution in [0.1, 0.15) is 44.6 Å². The lowest BCUT2D eigenvalue weighted by molar-refractivity contribution is -0.149. The second-order valence-corrected chi connectivity index (χ2v) is 8.78. The van der Waals surface area contributed by atoms with Gasteiger partial charge in [0.15, 0.2) is 0 Å². The fourth-order valence-corrected chi connectivity index (χ4v) is 4.52. The number of benzene rings is 2. The van der Waals surface area contributed by atoms with Gasteiger partial charge in [-0.15, -0.1) is 0 Å². The Balaban J connectivity index is 1.73. The van der Waals surface area contributed by atoms with Crippen LogP contribution in [-0.4, -0.2) is 34.1 Å². The van der Waals surface area contributed by atoms with Crippen molar-refractivity contribution in [3.05, 3.63) is 60.2 Å². The standard InChI is InChI=1S/C26H31NO5/c1-17(25(29)30)15-21(27-24(28)22-9-5-6-10-23(22)26(31)32)16-18-11-13-20(14-12-18)19-7-3-2-4-8-19/h2-4,7-8,11-14,17,21-23H,5-6,9-10,15-16H2,1H3,(H,27,28)(H,29,30)(H,31,32)/t17-,21+,22+,23-/m1/s1. The van der Waals surface area contributed by atoms with E-state index >= 15 is 0 Å². The van der Waals surface area contributed by atoms with E-state index in [4.69, 9.17) is 0 Å². The third-order valence-electron chi connectivity index (χ3n) is 6.37. The lowest BCUT2D eigenvalue weighted by Crippen LogP contribution is -2.45. The first-order chi connectivity index (χ1) is 15.3. The second-order valence-electron chi connectivity index (χ2n) is 8.78.